The number of hydrogen-bond donors (Lipinski definition) is 0. The van der Waals surface area contributed by atoms with Gasteiger partial charge in [-0.3, -0.25) is 0 Å². The van der Waals surface area contributed by atoms with Crippen LogP contribution in [-0.4, -0.2) is 12.4 Å². The number of benzene rings is 7. The number of fused-ring (bicyclic) bond motifs is 1. The van der Waals surface area contributed by atoms with Gasteiger partial charge in [-0.25, -0.2) is 0 Å². The summed E-state index contributed by atoms with van der Waals surface area (Å²) in [5.74, 6) is 0. The Hall–Kier alpha value is -6.25. The normalized spacial score (nSPS) is 12.1. The van der Waals surface area contributed by atoms with Crippen LogP contribution in [0, 0.1) is 0 Å². The van der Waals surface area contributed by atoms with Gasteiger partial charge in [-0.2, -0.15) is 0 Å². The van der Waals surface area contributed by atoms with Crippen molar-refractivity contribution in [3.8, 4) is 44.5 Å². The van der Waals surface area contributed by atoms with Crippen LogP contribution in [-0.2, 0) is 0 Å². The molecule has 0 saturated carbocycles. The standard InChI is InChI=1S/C48H35BO/c1-33-43-26-12-13-27-46(43)50-48(33)47(37-20-10-5-11-21-37)49-34(2)38-22-14-23-39(30-38)40-24-15-25-41(31-40)42-28-29-44(35-16-6-3-7-17-35)45(32-42)36-18-8-4-9-19-36/h3-32H,1H2,2H3/b48-47+. The van der Waals surface area contributed by atoms with Gasteiger partial charge in [-0.1, -0.05) is 48.5 Å². The first-order valence-corrected chi connectivity index (χ1v) is 17.0. The molecule has 0 radical (unpaired) electrons. The maximum atomic E-state index is 6.43. The van der Waals surface area contributed by atoms with E-state index in [9.17, 15) is 0 Å². The molecular weight excluding hydrogens is 603 g/mol. The first-order chi connectivity index (χ1) is 24.6. The van der Waals surface area contributed by atoms with Gasteiger partial charge in [0.15, 0.2) is 0 Å². The molecule has 0 aliphatic carbocycles. The fraction of sp³-hybridized carbons (Fsp3) is 0.0208. The van der Waals surface area contributed by atoms with Crippen LogP contribution in [0.4, 0.5) is 0 Å². The van der Waals surface area contributed by atoms with Crippen molar-refractivity contribution in [3.63, 3.8) is 0 Å². The van der Waals surface area contributed by atoms with Crippen molar-refractivity contribution in [2.45, 2.75) is 6.92 Å². The third-order valence-electron chi connectivity index (χ3n) is 9.42. The predicted octanol–water partition coefficient (Wildman–Crippen LogP) is 10.6. The van der Waals surface area contributed by atoms with E-state index in [1.165, 1.54) is 44.5 Å². The first kappa shape index (κ1) is 31.0. The van der Waals surface area contributed by atoms with Gasteiger partial charge in [-0.05, 0) is 0 Å². The summed E-state index contributed by atoms with van der Waals surface area (Å²) in [7, 11) is 0. The van der Waals surface area contributed by atoms with Gasteiger partial charge in [0.1, 0.15) is 0 Å². The summed E-state index contributed by atoms with van der Waals surface area (Å²) >= 11 is 0. The van der Waals surface area contributed by atoms with Gasteiger partial charge in [0.05, 0.1) is 0 Å². The van der Waals surface area contributed by atoms with Crippen molar-refractivity contribution < 1.29 is 4.42 Å². The molecule has 0 atom stereocenters. The van der Waals surface area contributed by atoms with Crippen LogP contribution in [0.5, 0.6) is 0 Å². The fourth-order valence-corrected chi connectivity index (χ4v) is 6.79. The average molecular weight is 639 g/mol. The Morgan fingerprint density at radius 1 is 0.460 bits per heavy atom. The van der Waals surface area contributed by atoms with Crippen LogP contribution in [0.15, 0.2) is 186 Å². The number of para-hydroxylation sites is 1. The minimum atomic E-state index is 0.800. The Labute approximate surface area is 294 Å². The number of rotatable bonds is 7. The molecule has 0 aliphatic heterocycles. The van der Waals surface area contributed by atoms with E-state index in [1.54, 1.807) is 0 Å². The second-order valence-electron chi connectivity index (χ2n) is 12.7. The van der Waals surface area contributed by atoms with Crippen molar-refractivity contribution in [3.05, 3.63) is 204 Å². The van der Waals surface area contributed by atoms with Gasteiger partial charge in [0, 0.05) is 0 Å². The molecule has 0 aliphatic rings. The molecule has 0 fully saturated rings. The Morgan fingerprint density at radius 3 is 1.66 bits per heavy atom. The molecule has 0 N–H and O–H groups in total. The van der Waals surface area contributed by atoms with Crippen LogP contribution >= 0.6 is 0 Å². The molecule has 8 rings (SSSR count). The van der Waals surface area contributed by atoms with Crippen LogP contribution < -0.4 is 10.6 Å². The molecular formula is C48H35BO. The molecule has 7 aromatic carbocycles. The van der Waals surface area contributed by atoms with Crippen LogP contribution in [0.2, 0.25) is 0 Å². The molecule has 0 unspecified atom stereocenters. The Morgan fingerprint density at radius 2 is 0.980 bits per heavy atom. The van der Waals surface area contributed by atoms with Gasteiger partial charge in [-0.15, -0.1) is 0 Å². The summed E-state index contributed by atoms with van der Waals surface area (Å²) < 4.78 is 6.43. The second-order valence-corrected chi connectivity index (χ2v) is 12.7. The van der Waals surface area contributed by atoms with E-state index < -0.39 is 0 Å². The Kier molecular flexibility index (Phi) is 8.51. The summed E-state index contributed by atoms with van der Waals surface area (Å²) in [6.07, 6.45) is 0. The van der Waals surface area contributed by atoms with Gasteiger partial charge in [0.25, 0.3) is 0 Å². The zero-order valence-corrected chi connectivity index (χ0v) is 28.0. The first-order valence-electron chi connectivity index (χ1n) is 17.0. The van der Waals surface area contributed by atoms with E-state index in [2.05, 4.69) is 178 Å². The molecule has 50 heavy (non-hydrogen) atoms. The molecule has 2 heteroatoms. The van der Waals surface area contributed by atoms with E-state index in [1.807, 2.05) is 24.3 Å². The minimum absolute atomic E-state index is 0.800. The van der Waals surface area contributed by atoms with Gasteiger partial charge < -0.3 is 0 Å². The monoisotopic (exact) mass is 638 g/mol. The van der Waals surface area contributed by atoms with Gasteiger partial charge >= 0.3 is 246 Å². The van der Waals surface area contributed by atoms with Crippen LogP contribution in [0.3, 0.4) is 0 Å². The second kappa shape index (κ2) is 13.7. The summed E-state index contributed by atoms with van der Waals surface area (Å²) in [6, 6.07) is 64.3. The van der Waals surface area contributed by atoms with Gasteiger partial charge in [0.2, 0.25) is 0 Å². The quantitative estimate of drug-likeness (QED) is 0.158. The van der Waals surface area contributed by atoms with Crippen molar-refractivity contribution in [1.82, 2.24) is 0 Å². The molecule has 236 valence electrons. The summed E-state index contributed by atoms with van der Waals surface area (Å²) in [4.78, 5) is 0. The summed E-state index contributed by atoms with van der Waals surface area (Å²) in [5.41, 5.74) is 15.7. The third kappa shape index (κ3) is 6.20. The van der Waals surface area contributed by atoms with Crippen LogP contribution in [0.25, 0.3) is 67.5 Å². The van der Waals surface area contributed by atoms with E-state index in [-0.39, 0.29) is 0 Å². The molecule has 0 saturated heterocycles. The maximum absolute atomic E-state index is 6.43. The predicted molar refractivity (Wildman–Crippen MR) is 214 cm³/mol. The van der Waals surface area contributed by atoms with E-state index in [0.29, 0.717) is 0 Å². The zero-order valence-electron chi connectivity index (χ0n) is 28.0. The molecule has 0 bridgehead atoms. The van der Waals surface area contributed by atoms with Crippen LogP contribution in [0.1, 0.15) is 18.1 Å². The Balaban J connectivity index is 1.19. The van der Waals surface area contributed by atoms with E-state index >= 15 is 0 Å². The SMILES string of the molecule is C=c1/c(=C(\B=C(C)c2cccc(-c3cccc(-c4ccc(-c5ccccc5)c(-c5ccccc5)c4)c3)c2)c2ccccc2)oc2ccccc12. The molecule has 0 spiro atoms. The van der Waals surface area contributed by atoms with Crippen molar-refractivity contribution in [2.75, 3.05) is 0 Å². The van der Waals surface area contributed by atoms with E-state index in [0.717, 1.165) is 43.7 Å². The summed E-state index contributed by atoms with van der Waals surface area (Å²) in [5, 5.41) is 1.94. The third-order valence-corrected chi connectivity index (χ3v) is 9.42. The molecule has 1 aromatic heterocycles. The summed E-state index contributed by atoms with van der Waals surface area (Å²) in [6.45, 7) is 8.82. The topological polar surface area (TPSA) is 13.1 Å². The fourth-order valence-electron chi connectivity index (χ4n) is 6.79. The average Bonchev–Trinajstić information content (AvgIpc) is 3.53. The molecule has 1 nitrogen and oxygen atoms in total. The number of furan rings is 1. The van der Waals surface area contributed by atoms with Crippen molar-refractivity contribution in [1.29, 1.82) is 0 Å². The zero-order chi connectivity index (χ0) is 33.9. The molecule has 8 aromatic rings. The van der Waals surface area contributed by atoms with E-state index in [4.69, 9.17) is 4.42 Å². The van der Waals surface area contributed by atoms with Crippen molar-refractivity contribution in [2.24, 2.45) is 0 Å². The molecule has 1 heterocycles. The Bertz CT molecular complexity index is 2600. The molecule has 0 amide bonds. The number of hydrogen-bond acceptors (Lipinski definition) is 1. The van der Waals surface area contributed by atoms with Crippen molar-refractivity contribution >= 4 is 35.4 Å².